The van der Waals surface area contributed by atoms with E-state index in [0.717, 1.165) is 19.3 Å². The second kappa shape index (κ2) is 12.9. The molecule has 2 N–H and O–H groups in total. The van der Waals surface area contributed by atoms with Crippen LogP contribution < -0.4 is 10.6 Å². The first-order chi connectivity index (χ1) is 19.5. The third-order valence-corrected chi connectivity index (χ3v) is 7.77. The average Bonchev–Trinajstić information content (AvgIpc) is 3.45. The molecule has 0 spiro atoms. The number of esters is 2. The number of carbonyl (C=O) groups is 5. The lowest BCUT2D eigenvalue weighted by Gasteiger charge is -2.34. The molecule has 2 unspecified atom stereocenters. The van der Waals surface area contributed by atoms with Crippen LogP contribution in [-0.4, -0.2) is 95.3 Å². The lowest BCUT2D eigenvalue weighted by atomic mass is 9.86. The van der Waals surface area contributed by atoms with Crippen molar-refractivity contribution < 1.29 is 38.2 Å². The highest BCUT2D eigenvalue weighted by Gasteiger charge is 2.62. The van der Waals surface area contributed by atoms with E-state index in [2.05, 4.69) is 17.2 Å². The molecule has 236 valence electrons. The van der Waals surface area contributed by atoms with Gasteiger partial charge in [-0.3, -0.25) is 4.79 Å². The van der Waals surface area contributed by atoms with Crippen LogP contribution in [0.5, 0.6) is 0 Å². The summed E-state index contributed by atoms with van der Waals surface area (Å²) in [5.74, 6) is -2.08. The topological polar surface area (TPSA) is 144 Å². The summed E-state index contributed by atoms with van der Waals surface area (Å²) >= 11 is 0. The molecule has 0 aromatic rings. The Morgan fingerprint density at radius 2 is 1.69 bits per heavy atom. The van der Waals surface area contributed by atoms with Gasteiger partial charge in [0.25, 0.3) is 0 Å². The molecule has 2 saturated heterocycles. The largest absolute Gasteiger partial charge is 0.464 e. The molecule has 12 nitrogen and oxygen atoms in total. The van der Waals surface area contributed by atoms with E-state index in [9.17, 15) is 24.0 Å². The first-order valence-corrected chi connectivity index (χ1v) is 14.9. The first-order valence-electron chi connectivity index (χ1n) is 14.9. The highest BCUT2D eigenvalue weighted by molar-refractivity contribution is 5.95. The maximum Gasteiger partial charge on any atom is 0.410 e. The first kappa shape index (κ1) is 33.2. The quantitative estimate of drug-likeness (QED) is 0.249. The standard InChI is InChI=1S/C30H48N4O8/c1-9-19-17-30(19,25(37)40-10-2)32-26(38)34-18-20(41-27(39)33-14-12-11-13-15-33)16-21(34)23(35)31-22(28(3,4)5)24(36)42-29(6,7)8/h9,19-22H,1,10-18H2,2-8H3,(H,31,35)(H,32,38)/t19?,20-,21-,22+,30?/m0/s1. The molecule has 3 rings (SSSR count). The summed E-state index contributed by atoms with van der Waals surface area (Å²) in [6.07, 6.45) is 3.51. The zero-order valence-corrected chi connectivity index (χ0v) is 26.1. The molecule has 0 aromatic carbocycles. The molecular formula is C30H48N4O8. The van der Waals surface area contributed by atoms with Crippen molar-refractivity contribution in [3.63, 3.8) is 0 Å². The predicted octanol–water partition coefficient (Wildman–Crippen LogP) is 3.14. The van der Waals surface area contributed by atoms with Crippen molar-refractivity contribution >= 4 is 30.0 Å². The predicted molar refractivity (Wildman–Crippen MR) is 154 cm³/mol. The summed E-state index contributed by atoms with van der Waals surface area (Å²) in [4.78, 5) is 69.1. The fourth-order valence-electron chi connectivity index (χ4n) is 5.40. The number of urea groups is 1. The van der Waals surface area contributed by atoms with E-state index in [1.54, 1.807) is 59.4 Å². The molecule has 0 radical (unpaired) electrons. The van der Waals surface area contributed by atoms with Gasteiger partial charge in [-0.25, -0.2) is 19.2 Å². The number of rotatable bonds is 8. The molecule has 4 amide bonds. The van der Waals surface area contributed by atoms with Crippen molar-refractivity contribution in [2.24, 2.45) is 11.3 Å². The molecule has 0 aromatic heterocycles. The van der Waals surface area contributed by atoms with Gasteiger partial charge in [0, 0.05) is 25.4 Å². The Morgan fingerprint density at radius 3 is 2.21 bits per heavy atom. The number of piperidine rings is 1. The van der Waals surface area contributed by atoms with Crippen LogP contribution in [0.3, 0.4) is 0 Å². The molecule has 3 fully saturated rings. The van der Waals surface area contributed by atoms with E-state index >= 15 is 0 Å². The van der Waals surface area contributed by atoms with Crippen molar-refractivity contribution in [1.29, 1.82) is 0 Å². The summed E-state index contributed by atoms with van der Waals surface area (Å²) in [6.45, 7) is 17.3. The molecule has 2 aliphatic heterocycles. The maximum absolute atomic E-state index is 13.8. The Hall–Kier alpha value is -3.31. The molecular weight excluding hydrogens is 544 g/mol. The number of likely N-dealkylation sites (tertiary alicyclic amines) is 2. The Bertz CT molecular complexity index is 1060. The van der Waals surface area contributed by atoms with Crippen molar-refractivity contribution in [3.05, 3.63) is 12.7 Å². The maximum atomic E-state index is 13.8. The van der Waals surface area contributed by atoms with Gasteiger partial charge >= 0.3 is 24.1 Å². The Kier molecular flexibility index (Phi) is 10.2. The van der Waals surface area contributed by atoms with Gasteiger partial charge in [-0.1, -0.05) is 26.8 Å². The normalized spacial score (nSPS) is 26.5. The van der Waals surface area contributed by atoms with E-state index in [0.29, 0.717) is 19.5 Å². The molecule has 12 heteroatoms. The Labute approximate surface area is 248 Å². The van der Waals surface area contributed by atoms with Crippen LogP contribution in [0, 0.1) is 11.3 Å². The lowest BCUT2D eigenvalue weighted by Crippen LogP contribution is -2.58. The Balaban J connectivity index is 1.83. The van der Waals surface area contributed by atoms with E-state index in [1.165, 1.54) is 4.90 Å². The summed E-state index contributed by atoms with van der Waals surface area (Å²) in [6, 6.07) is -2.76. The Morgan fingerprint density at radius 1 is 1.05 bits per heavy atom. The monoisotopic (exact) mass is 592 g/mol. The number of nitrogens with one attached hydrogen (secondary N) is 2. The molecule has 5 atom stereocenters. The fourth-order valence-corrected chi connectivity index (χ4v) is 5.40. The number of hydrogen-bond acceptors (Lipinski definition) is 8. The van der Waals surface area contributed by atoms with Crippen LogP contribution >= 0.6 is 0 Å². The highest BCUT2D eigenvalue weighted by Crippen LogP contribution is 2.45. The number of nitrogens with zero attached hydrogens (tertiary/aromatic N) is 2. The number of carbonyl (C=O) groups excluding carboxylic acids is 5. The number of ether oxygens (including phenoxy) is 3. The van der Waals surface area contributed by atoms with Gasteiger partial charge in [-0.15, -0.1) is 6.58 Å². The van der Waals surface area contributed by atoms with E-state index < -0.39 is 64.7 Å². The van der Waals surface area contributed by atoms with Crippen molar-refractivity contribution in [2.45, 2.75) is 110 Å². The smallest absolute Gasteiger partial charge is 0.410 e. The van der Waals surface area contributed by atoms with Crippen LogP contribution in [0.25, 0.3) is 0 Å². The van der Waals surface area contributed by atoms with Crippen LogP contribution in [0.15, 0.2) is 12.7 Å². The van der Waals surface area contributed by atoms with Gasteiger partial charge in [-0.2, -0.15) is 0 Å². The van der Waals surface area contributed by atoms with Gasteiger partial charge in [0.1, 0.15) is 29.3 Å². The third-order valence-electron chi connectivity index (χ3n) is 7.77. The van der Waals surface area contributed by atoms with E-state index in [4.69, 9.17) is 14.2 Å². The zero-order chi connectivity index (χ0) is 31.5. The lowest BCUT2D eigenvalue weighted by molar-refractivity contribution is -0.162. The van der Waals surface area contributed by atoms with E-state index in [1.807, 2.05) is 0 Å². The molecule has 3 aliphatic rings. The SMILES string of the molecule is C=CC1CC1(NC(=O)N1C[C@@H](OC(=O)N2CCCCC2)C[C@H]1C(=O)N[C@H](C(=O)OC(C)(C)C)C(C)(C)C)C(=O)OCC. The zero-order valence-electron chi connectivity index (χ0n) is 26.1. The average molecular weight is 593 g/mol. The minimum atomic E-state index is -1.27. The van der Waals surface area contributed by atoms with Gasteiger partial charge in [0.05, 0.1) is 13.2 Å². The highest BCUT2D eigenvalue weighted by atomic mass is 16.6. The molecule has 2 heterocycles. The van der Waals surface area contributed by atoms with Crippen LogP contribution in [0.4, 0.5) is 9.59 Å². The third kappa shape index (κ3) is 7.95. The molecule has 42 heavy (non-hydrogen) atoms. The summed E-state index contributed by atoms with van der Waals surface area (Å²) in [5.41, 5.74) is -2.75. The van der Waals surface area contributed by atoms with Crippen LogP contribution in [0.1, 0.15) is 80.6 Å². The second-order valence-corrected chi connectivity index (χ2v) is 13.5. The van der Waals surface area contributed by atoms with Crippen molar-refractivity contribution in [3.8, 4) is 0 Å². The van der Waals surface area contributed by atoms with E-state index in [-0.39, 0.29) is 25.5 Å². The number of amides is 4. The van der Waals surface area contributed by atoms with Gasteiger partial charge in [0.2, 0.25) is 5.91 Å². The molecule has 1 saturated carbocycles. The van der Waals surface area contributed by atoms with Gasteiger partial charge < -0.3 is 34.6 Å². The number of hydrogen-bond donors (Lipinski definition) is 2. The molecule has 1 aliphatic carbocycles. The summed E-state index contributed by atoms with van der Waals surface area (Å²) in [7, 11) is 0. The summed E-state index contributed by atoms with van der Waals surface area (Å²) < 4.78 is 16.5. The van der Waals surface area contributed by atoms with Crippen molar-refractivity contribution in [2.75, 3.05) is 26.2 Å². The molecule has 0 bridgehead atoms. The van der Waals surface area contributed by atoms with Crippen LogP contribution in [-0.2, 0) is 28.6 Å². The van der Waals surface area contributed by atoms with Crippen LogP contribution in [0.2, 0.25) is 0 Å². The minimum Gasteiger partial charge on any atom is -0.464 e. The van der Waals surface area contributed by atoms with Gasteiger partial charge in [-0.05, 0) is 58.8 Å². The fraction of sp³-hybridized carbons (Fsp3) is 0.767. The second-order valence-electron chi connectivity index (χ2n) is 13.5. The minimum absolute atomic E-state index is 0.0291. The van der Waals surface area contributed by atoms with Gasteiger partial charge in [0.15, 0.2) is 0 Å². The summed E-state index contributed by atoms with van der Waals surface area (Å²) in [5, 5.41) is 5.56. The van der Waals surface area contributed by atoms with Crippen molar-refractivity contribution in [1.82, 2.24) is 20.4 Å².